The van der Waals surface area contributed by atoms with E-state index in [1.807, 2.05) is 85.8 Å². The van der Waals surface area contributed by atoms with Crippen LogP contribution in [0.5, 0.6) is 11.5 Å². The molecule has 4 aromatic carbocycles. The minimum atomic E-state index is -4.34. The maximum absolute atomic E-state index is 15.6. The van der Waals surface area contributed by atoms with Gasteiger partial charge in [0.1, 0.15) is 23.0 Å². The number of allylic oxidation sites excluding steroid dienone is 1. The van der Waals surface area contributed by atoms with Crippen molar-refractivity contribution in [3.05, 3.63) is 156 Å². The second kappa shape index (κ2) is 22.5. The summed E-state index contributed by atoms with van der Waals surface area (Å²) < 4.78 is 53.2. The van der Waals surface area contributed by atoms with Crippen LogP contribution in [0.3, 0.4) is 0 Å². The molecular weight excluding hydrogens is 881 g/mol. The van der Waals surface area contributed by atoms with Crippen molar-refractivity contribution in [2.45, 2.75) is 94.1 Å². The Kier molecular flexibility index (Phi) is 16.0. The molecule has 13 nitrogen and oxygen atoms in total. The number of aliphatic hydroxyl groups excluding tert-OH is 2. The number of sulfonamides is 1. The molecule has 1 fully saturated rings. The lowest BCUT2D eigenvalue weighted by molar-refractivity contribution is -0.251. The maximum Gasteiger partial charge on any atom is 0.412 e. The molecule has 5 aromatic rings. The third-order valence-electron chi connectivity index (χ3n) is 13.4. The second-order valence-corrected chi connectivity index (χ2v) is 19.6. The van der Waals surface area contributed by atoms with Gasteiger partial charge in [-0.3, -0.25) is 4.98 Å². The SMILES string of the molecule is C=CCO[C@@]12Oc3ccc(OC(=O)NCc4ccccc4)cc3[C@H]3[C@H](CCCCO)[C@@H](CCCCO)C=C(C(=NOCc4ccccc4)C[C@@H]1N(CCC)S(=O)(=O)c1cccc4cccnc14)[C@H]32. The highest BCUT2D eigenvalue weighted by atomic mass is 32.2. The van der Waals surface area contributed by atoms with Gasteiger partial charge < -0.3 is 34.6 Å². The first kappa shape index (κ1) is 48.6. The normalized spacial score (nSPS) is 22.4. The summed E-state index contributed by atoms with van der Waals surface area (Å²) in [5.41, 5.74) is 4.38. The van der Waals surface area contributed by atoms with Gasteiger partial charge in [-0.05, 0) is 91.0 Å². The van der Waals surface area contributed by atoms with Crippen LogP contribution in [0, 0.1) is 17.8 Å². The fourth-order valence-electron chi connectivity index (χ4n) is 10.4. The third-order valence-corrected chi connectivity index (χ3v) is 15.3. The lowest BCUT2D eigenvalue weighted by Crippen LogP contribution is -2.70. The fraction of sp³-hybridized carbons (Fsp3) is 0.389. The molecular formula is C54H62N4O9S. The summed E-state index contributed by atoms with van der Waals surface area (Å²) in [7, 11) is -4.34. The summed E-state index contributed by atoms with van der Waals surface area (Å²) in [5.74, 6) is -2.04. The third kappa shape index (κ3) is 10.4. The minimum Gasteiger partial charge on any atom is -0.460 e. The predicted octanol–water partition coefficient (Wildman–Crippen LogP) is 9.46. The second-order valence-electron chi connectivity index (χ2n) is 17.7. The number of unbranched alkanes of at least 4 members (excludes halogenated alkanes) is 2. The van der Waals surface area contributed by atoms with Gasteiger partial charge in [-0.25, -0.2) is 13.2 Å². The Morgan fingerprint density at radius 2 is 1.68 bits per heavy atom. The number of aliphatic hydroxyl groups is 2. The van der Waals surface area contributed by atoms with Crippen molar-refractivity contribution in [3.63, 3.8) is 0 Å². The number of benzene rings is 4. The number of hydrogen-bond donors (Lipinski definition) is 3. The molecule has 8 rings (SSSR count). The first-order valence-electron chi connectivity index (χ1n) is 23.8. The summed E-state index contributed by atoms with van der Waals surface area (Å²) in [6.45, 7) is 6.68. The van der Waals surface area contributed by atoms with Crippen LogP contribution in [0.2, 0.25) is 0 Å². The van der Waals surface area contributed by atoms with Crippen molar-refractivity contribution in [1.29, 1.82) is 0 Å². The molecule has 2 aliphatic carbocycles. The number of fused-ring (bicyclic) bond motifs is 3. The molecule has 3 aliphatic rings. The molecule has 1 saturated carbocycles. The molecule has 0 bridgehead atoms. The molecule has 358 valence electrons. The predicted molar refractivity (Wildman–Crippen MR) is 261 cm³/mol. The van der Waals surface area contributed by atoms with E-state index < -0.39 is 39.8 Å². The molecule has 6 atom stereocenters. The Balaban J connectivity index is 1.32. The van der Waals surface area contributed by atoms with E-state index in [0.717, 1.165) is 35.1 Å². The molecule has 1 aliphatic heterocycles. The number of pyridine rings is 1. The average Bonchev–Trinajstić information content (AvgIpc) is 3.36. The van der Waals surface area contributed by atoms with Crippen molar-refractivity contribution >= 4 is 32.7 Å². The molecule has 1 amide bonds. The van der Waals surface area contributed by atoms with E-state index in [9.17, 15) is 15.0 Å². The fourth-order valence-corrected chi connectivity index (χ4v) is 12.3. The smallest absolute Gasteiger partial charge is 0.412 e. The Hall–Kier alpha value is -5.90. The number of carbonyl (C=O) groups is 1. The summed E-state index contributed by atoms with van der Waals surface area (Å²) in [6, 6.07) is 32.5. The standard InChI is InChI=1S/C54H62N4O9S/c1-3-29-58(68(62,63)48-25-15-22-40-23-16-28-55-52(40)48)49-35-46(57-65-37-39-19-9-6-10-20-39)44-33-41(21-11-13-30-59)43(24-12-14-31-60)50-45-34-42(66-53(61)56-36-38-17-7-5-8-18-38)26-27-47(45)67-54(49,51(44)50)64-32-4-2/h4-10,15-20,22-23,25-28,33-34,41,43,49-51,59-60H,2-3,11-14,21,24,29-32,35-37H2,1H3,(H,56,61)/t41-,43+,49-,50+,51+,54+/m0/s1. The van der Waals surface area contributed by atoms with Crippen molar-refractivity contribution in [2.24, 2.45) is 22.9 Å². The van der Waals surface area contributed by atoms with Crippen LogP contribution >= 0.6 is 0 Å². The summed E-state index contributed by atoms with van der Waals surface area (Å²) >= 11 is 0. The number of aromatic nitrogens is 1. The average molecular weight is 943 g/mol. The number of oxime groups is 1. The number of carbonyl (C=O) groups excluding carboxylic acids is 1. The number of ether oxygens (including phenoxy) is 3. The van der Waals surface area contributed by atoms with E-state index in [1.165, 1.54) is 4.31 Å². The van der Waals surface area contributed by atoms with Gasteiger partial charge in [-0.15, -0.1) is 6.58 Å². The highest BCUT2D eigenvalue weighted by molar-refractivity contribution is 7.89. The maximum atomic E-state index is 15.6. The molecule has 3 N–H and O–H groups in total. The minimum absolute atomic E-state index is 0.0315. The van der Waals surface area contributed by atoms with Crippen LogP contribution in [0.25, 0.3) is 10.9 Å². The van der Waals surface area contributed by atoms with Crippen LogP contribution < -0.4 is 14.8 Å². The van der Waals surface area contributed by atoms with Crippen LogP contribution in [0.1, 0.15) is 80.9 Å². The number of amides is 1. The molecule has 2 heterocycles. The topological polar surface area (TPSA) is 169 Å². The Labute approximate surface area is 399 Å². The highest BCUT2D eigenvalue weighted by Crippen LogP contribution is 2.62. The van der Waals surface area contributed by atoms with Gasteiger partial charge in [0.25, 0.3) is 0 Å². The van der Waals surface area contributed by atoms with Crippen LogP contribution in [0.15, 0.2) is 150 Å². The van der Waals surface area contributed by atoms with Gasteiger partial charge in [0.2, 0.25) is 15.8 Å². The zero-order valence-electron chi connectivity index (χ0n) is 38.6. The van der Waals surface area contributed by atoms with Gasteiger partial charge in [0, 0.05) is 55.8 Å². The van der Waals surface area contributed by atoms with Crippen molar-refractivity contribution in [1.82, 2.24) is 14.6 Å². The Morgan fingerprint density at radius 1 is 0.941 bits per heavy atom. The number of nitrogens with zero attached hydrogens (tertiary/aromatic N) is 3. The van der Waals surface area contributed by atoms with E-state index in [2.05, 4.69) is 23.0 Å². The van der Waals surface area contributed by atoms with Crippen molar-refractivity contribution < 1.29 is 42.5 Å². The molecule has 0 unspecified atom stereocenters. The Bertz CT molecular complexity index is 2680. The van der Waals surface area contributed by atoms with Crippen LogP contribution in [-0.2, 0) is 32.7 Å². The van der Waals surface area contributed by atoms with Gasteiger partial charge >= 0.3 is 6.09 Å². The monoisotopic (exact) mass is 942 g/mol. The number of hydrogen-bond acceptors (Lipinski definition) is 11. The molecule has 1 aromatic heterocycles. The molecule has 0 saturated heterocycles. The summed E-state index contributed by atoms with van der Waals surface area (Å²) in [6.07, 6.45) is 9.56. The molecule has 0 radical (unpaired) electrons. The zero-order valence-corrected chi connectivity index (χ0v) is 39.4. The molecule has 68 heavy (non-hydrogen) atoms. The molecule has 0 spiro atoms. The van der Waals surface area contributed by atoms with Gasteiger partial charge in [0.15, 0.2) is 0 Å². The lowest BCUT2D eigenvalue weighted by atomic mass is 9.55. The van der Waals surface area contributed by atoms with Gasteiger partial charge in [-0.1, -0.05) is 116 Å². The van der Waals surface area contributed by atoms with Gasteiger partial charge in [-0.2, -0.15) is 4.31 Å². The summed E-state index contributed by atoms with van der Waals surface area (Å²) in [5, 5.41) is 28.5. The number of rotatable bonds is 22. The quantitative estimate of drug-likeness (QED) is 0.0345. The van der Waals surface area contributed by atoms with E-state index in [1.54, 1.807) is 42.6 Å². The van der Waals surface area contributed by atoms with E-state index in [-0.39, 0.29) is 62.7 Å². The van der Waals surface area contributed by atoms with Gasteiger partial charge in [0.05, 0.1) is 29.8 Å². The van der Waals surface area contributed by atoms with Crippen LogP contribution in [0.4, 0.5) is 4.79 Å². The highest BCUT2D eigenvalue weighted by Gasteiger charge is 2.66. The lowest BCUT2D eigenvalue weighted by Gasteiger charge is -2.59. The van der Waals surface area contributed by atoms with Crippen LogP contribution in [-0.4, -0.2) is 77.9 Å². The number of para-hydroxylation sites is 1. The van der Waals surface area contributed by atoms with E-state index >= 15 is 8.42 Å². The molecule has 14 heteroatoms. The summed E-state index contributed by atoms with van der Waals surface area (Å²) in [4.78, 5) is 24.3. The zero-order chi connectivity index (χ0) is 47.5. The Morgan fingerprint density at radius 3 is 2.41 bits per heavy atom. The van der Waals surface area contributed by atoms with E-state index in [0.29, 0.717) is 60.2 Å². The largest absolute Gasteiger partial charge is 0.460 e. The van der Waals surface area contributed by atoms with E-state index in [4.69, 9.17) is 24.2 Å². The van der Waals surface area contributed by atoms with Crippen molar-refractivity contribution in [3.8, 4) is 11.5 Å². The number of nitrogens with one attached hydrogen (secondary N) is 1. The first-order chi connectivity index (χ1) is 33.2. The first-order valence-corrected chi connectivity index (χ1v) is 25.3. The van der Waals surface area contributed by atoms with Crippen molar-refractivity contribution in [2.75, 3.05) is 26.4 Å².